The van der Waals surface area contributed by atoms with E-state index in [0.717, 1.165) is 0 Å². The minimum Gasteiger partial charge on any atom is -0.727 e. The quantitative estimate of drug-likeness (QED) is 0.219. The molecule has 5 heavy (non-hydrogen) atoms. The van der Waals surface area contributed by atoms with Crippen LogP contribution in [0.15, 0.2) is 0 Å². The van der Waals surface area contributed by atoms with Crippen LogP contribution in [0.4, 0.5) is 0 Å². The molecule has 0 rings (SSSR count). The van der Waals surface area contributed by atoms with Gasteiger partial charge in [0.05, 0.1) is 0 Å². The zero-order valence-corrected chi connectivity index (χ0v) is 5.39. The van der Waals surface area contributed by atoms with Crippen LogP contribution in [0, 0.1) is 0 Å². The second-order valence-electron chi connectivity index (χ2n) is 0. The van der Waals surface area contributed by atoms with Gasteiger partial charge in [0.15, 0.2) is 0 Å². The molecule has 0 heterocycles. The maximum atomic E-state index is 7.25. The standard InChI is InChI=1S/2H2O2.Zn/c2*1-2;/h2*1-2H;/q;;+2/p-2. The maximum Gasteiger partial charge on any atom is 2.00 e. The summed E-state index contributed by atoms with van der Waals surface area (Å²) in [5.74, 6) is 0. The van der Waals surface area contributed by atoms with Crippen molar-refractivity contribution in [2.45, 2.75) is 0 Å². The number of hydrogen-bond donors (Lipinski definition) is 2. The van der Waals surface area contributed by atoms with E-state index in [1.165, 1.54) is 0 Å². The normalized spacial score (nSPS) is 2.40. The molecule has 0 saturated carbocycles. The summed E-state index contributed by atoms with van der Waals surface area (Å²) in [6, 6.07) is 0. The molecule has 0 aromatic rings. The van der Waals surface area contributed by atoms with Gasteiger partial charge in [-0.2, -0.15) is 0 Å². The Hall–Kier alpha value is 0.463. The van der Waals surface area contributed by atoms with Crippen molar-refractivity contribution in [1.82, 2.24) is 0 Å². The Morgan fingerprint density at radius 2 is 0.800 bits per heavy atom. The van der Waals surface area contributed by atoms with Crippen LogP contribution in [0.5, 0.6) is 0 Å². The fourth-order valence-electron chi connectivity index (χ4n) is 0. The fraction of sp³-hybridized carbons (Fsp3) is 0. The van der Waals surface area contributed by atoms with Crippen LogP contribution in [0.1, 0.15) is 0 Å². The van der Waals surface area contributed by atoms with Crippen LogP contribution < -0.4 is 10.5 Å². The van der Waals surface area contributed by atoms with Gasteiger partial charge in [0.25, 0.3) is 0 Å². The summed E-state index contributed by atoms with van der Waals surface area (Å²) >= 11 is 0. The molecule has 0 fully saturated rings. The molecule has 2 N–H and O–H groups in total. The van der Waals surface area contributed by atoms with Crippen molar-refractivity contribution in [1.29, 1.82) is 0 Å². The molecule has 0 aliphatic carbocycles. The first-order chi connectivity index (χ1) is 2.00. The van der Waals surface area contributed by atoms with Crippen molar-refractivity contribution in [3.63, 3.8) is 0 Å². The summed E-state index contributed by atoms with van der Waals surface area (Å²) in [6.07, 6.45) is 0. The fourth-order valence-corrected chi connectivity index (χ4v) is 0. The van der Waals surface area contributed by atoms with E-state index in [4.69, 9.17) is 21.0 Å². The minimum absolute atomic E-state index is 0. The third-order valence-corrected chi connectivity index (χ3v) is 0. The van der Waals surface area contributed by atoms with Crippen LogP contribution in [0.3, 0.4) is 0 Å². The van der Waals surface area contributed by atoms with Gasteiger partial charge < -0.3 is 21.0 Å². The average Bonchev–Trinajstić information content (AvgIpc) is 1.50. The van der Waals surface area contributed by atoms with E-state index >= 15 is 0 Å². The number of rotatable bonds is 0. The smallest absolute Gasteiger partial charge is 0.727 e. The molecule has 0 aromatic carbocycles. The molecule has 0 amide bonds. The van der Waals surface area contributed by atoms with Gasteiger partial charge in [0.2, 0.25) is 0 Å². The average molecular weight is 131 g/mol. The Labute approximate surface area is 41.3 Å². The first-order valence-corrected chi connectivity index (χ1v) is 0.365. The van der Waals surface area contributed by atoms with Gasteiger partial charge in [-0.3, -0.25) is 0 Å². The van der Waals surface area contributed by atoms with E-state index < -0.39 is 0 Å². The van der Waals surface area contributed by atoms with E-state index in [1.807, 2.05) is 0 Å². The SMILES string of the molecule is [O-]O.[O-]O.[Zn+2]. The van der Waals surface area contributed by atoms with E-state index in [0.29, 0.717) is 0 Å². The summed E-state index contributed by atoms with van der Waals surface area (Å²) < 4.78 is 0. The molecular formula is H2O4Zn. The third-order valence-electron chi connectivity index (χ3n) is 0. The van der Waals surface area contributed by atoms with E-state index in [2.05, 4.69) is 0 Å². The molecule has 0 aliphatic rings. The van der Waals surface area contributed by atoms with Crippen LogP contribution in [0.25, 0.3) is 0 Å². The van der Waals surface area contributed by atoms with Gasteiger partial charge >= 0.3 is 19.5 Å². The molecule has 4 nitrogen and oxygen atoms in total. The first-order valence-electron chi connectivity index (χ1n) is 0.365. The first kappa shape index (κ1) is 17.9. The molecule has 0 atom stereocenters. The van der Waals surface area contributed by atoms with Crippen molar-refractivity contribution in [3.05, 3.63) is 0 Å². The molecule has 0 radical (unpaired) electrons. The van der Waals surface area contributed by atoms with Gasteiger partial charge in [-0.25, -0.2) is 0 Å². The predicted molar refractivity (Wildman–Crippen MR) is 5.26 cm³/mol. The van der Waals surface area contributed by atoms with Gasteiger partial charge in [-0.05, 0) is 0 Å². The van der Waals surface area contributed by atoms with Gasteiger partial charge in [-0.15, -0.1) is 0 Å². The van der Waals surface area contributed by atoms with Gasteiger partial charge in [-0.1, -0.05) is 0 Å². The Kier molecular flexibility index (Phi) is 894. The molecule has 0 saturated heterocycles. The van der Waals surface area contributed by atoms with Gasteiger partial charge in [0.1, 0.15) is 0 Å². The van der Waals surface area contributed by atoms with Crippen molar-refractivity contribution >= 4 is 0 Å². The van der Waals surface area contributed by atoms with Crippen molar-refractivity contribution in [2.75, 3.05) is 0 Å². The zero-order valence-electron chi connectivity index (χ0n) is 2.42. The van der Waals surface area contributed by atoms with Crippen molar-refractivity contribution in [2.24, 2.45) is 0 Å². The topological polar surface area (TPSA) is 86.6 Å². The molecule has 0 spiro atoms. The van der Waals surface area contributed by atoms with Crippen LogP contribution in [-0.2, 0) is 19.5 Å². The zero-order chi connectivity index (χ0) is 4.00. The Morgan fingerprint density at radius 1 is 0.800 bits per heavy atom. The Balaban J connectivity index is -0.0000000133. The second-order valence-corrected chi connectivity index (χ2v) is 0. The minimum atomic E-state index is 0. The van der Waals surface area contributed by atoms with Gasteiger partial charge in [0, 0.05) is 0 Å². The largest absolute Gasteiger partial charge is 2.00 e. The summed E-state index contributed by atoms with van der Waals surface area (Å²) in [6.45, 7) is 0. The summed E-state index contributed by atoms with van der Waals surface area (Å²) in [4.78, 5) is 0. The maximum absolute atomic E-state index is 7.25. The summed E-state index contributed by atoms with van der Waals surface area (Å²) in [5, 5.41) is 26.0. The third kappa shape index (κ3) is 126. The predicted octanol–water partition coefficient (Wildman–Crippen LogP) is -2.36. The number of hydrogen-bond acceptors (Lipinski definition) is 4. The molecular weight excluding hydrogens is 129 g/mol. The summed E-state index contributed by atoms with van der Waals surface area (Å²) in [5.41, 5.74) is 0. The Bertz CT molecular complexity index is 3.61. The van der Waals surface area contributed by atoms with Crippen LogP contribution in [0.2, 0.25) is 0 Å². The molecule has 0 bridgehead atoms. The molecule has 0 aromatic heterocycles. The van der Waals surface area contributed by atoms with Crippen molar-refractivity contribution in [3.8, 4) is 0 Å². The molecule has 0 aliphatic heterocycles. The van der Waals surface area contributed by atoms with E-state index in [1.54, 1.807) is 0 Å². The Morgan fingerprint density at radius 3 is 0.800 bits per heavy atom. The van der Waals surface area contributed by atoms with Crippen LogP contribution >= 0.6 is 0 Å². The van der Waals surface area contributed by atoms with Crippen molar-refractivity contribution < 1.29 is 40.5 Å². The molecule has 0 unspecified atom stereocenters. The van der Waals surface area contributed by atoms with E-state index in [-0.39, 0.29) is 19.5 Å². The molecule has 5 heteroatoms. The summed E-state index contributed by atoms with van der Waals surface area (Å²) in [7, 11) is 0. The second kappa shape index (κ2) is 249. The molecule has 28 valence electrons. The monoisotopic (exact) mass is 130 g/mol. The van der Waals surface area contributed by atoms with Crippen LogP contribution in [-0.4, -0.2) is 10.5 Å². The van der Waals surface area contributed by atoms with E-state index in [9.17, 15) is 0 Å².